The number of amides is 1. The van der Waals surface area contributed by atoms with Crippen LogP contribution in [0.15, 0.2) is 70.6 Å². The van der Waals surface area contributed by atoms with Crippen LogP contribution < -0.4 is 10.9 Å². The van der Waals surface area contributed by atoms with Crippen molar-refractivity contribution < 1.29 is 9.72 Å². The predicted molar refractivity (Wildman–Crippen MR) is 127 cm³/mol. The van der Waals surface area contributed by atoms with Crippen LogP contribution >= 0.6 is 23.1 Å². The smallest absolute Gasteiger partial charge is 0.271 e. The first-order valence-electron chi connectivity index (χ1n) is 9.74. The number of anilines is 1. The number of nitrogens with one attached hydrogen (secondary N) is 1. The highest BCUT2D eigenvalue weighted by Crippen LogP contribution is 2.27. The van der Waals surface area contributed by atoms with Crippen LogP contribution in [0.2, 0.25) is 0 Å². The molecule has 0 saturated heterocycles. The number of fused-ring (bicyclic) bond motifs is 1. The largest absolute Gasteiger partial charge is 0.325 e. The Balaban J connectivity index is 1.63. The highest BCUT2D eigenvalue weighted by Gasteiger charge is 2.17. The van der Waals surface area contributed by atoms with Gasteiger partial charge in [-0.15, -0.1) is 11.3 Å². The maximum absolute atomic E-state index is 13.3. The molecule has 2 aromatic heterocycles. The maximum Gasteiger partial charge on any atom is 0.271 e. The molecule has 0 unspecified atom stereocenters. The topological polar surface area (TPSA) is 107 Å². The van der Waals surface area contributed by atoms with E-state index >= 15 is 0 Å². The third-order valence-electron chi connectivity index (χ3n) is 4.62. The molecule has 162 valence electrons. The third-order valence-corrected chi connectivity index (χ3v) is 6.73. The zero-order valence-corrected chi connectivity index (χ0v) is 18.6. The van der Waals surface area contributed by atoms with E-state index in [4.69, 9.17) is 0 Å². The number of carbonyl (C=O) groups excluding carboxylic acids is 1. The van der Waals surface area contributed by atoms with Gasteiger partial charge in [-0.2, -0.15) is 0 Å². The molecule has 8 nitrogen and oxygen atoms in total. The number of thioether (sulfide) groups is 1. The number of aromatic nitrogens is 2. The summed E-state index contributed by atoms with van der Waals surface area (Å²) in [5, 5.41) is 14.6. The van der Waals surface area contributed by atoms with Gasteiger partial charge >= 0.3 is 0 Å². The lowest BCUT2D eigenvalue weighted by Crippen LogP contribution is -2.22. The summed E-state index contributed by atoms with van der Waals surface area (Å²) in [6.07, 6.45) is 0.805. The first-order valence-corrected chi connectivity index (χ1v) is 11.5. The highest BCUT2D eigenvalue weighted by atomic mass is 32.2. The highest BCUT2D eigenvalue weighted by molar-refractivity contribution is 7.99. The SMILES string of the molecule is CCc1cc2c(=O)n(-c3ccccc3)c(SCC(=O)Nc3cccc([N+](=O)[O-])c3)nc2s1. The summed E-state index contributed by atoms with van der Waals surface area (Å²) in [6.45, 7) is 2.02. The Bertz CT molecular complexity index is 1370. The number of carbonyl (C=O) groups is 1. The van der Waals surface area contributed by atoms with Crippen LogP contribution in [0.1, 0.15) is 11.8 Å². The number of non-ortho nitro benzene ring substituents is 1. The number of nitrogens with zero attached hydrogens (tertiary/aromatic N) is 3. The molecule has 2 aromatic carbocycles. The molecule has 0 aliphatic carbocycles. The van der Waals surface area contributed by atoms with Crippen LogP contribution in [0.25, 0.3) is 15.9 Å². The van der Waals surface area contributed by atoms with Crippen molar-refractivity contribution in [2.75, 3.05) is 11.1 Å². The molecule has 1 N–H and O–H groups in total. The predicted octanol–water partition coefficient (Wildman–Crippen LogP) is 4.65. The molecule has 0 spiro atoms. The van der Waals surface area contributed by atoms with E-state index in [0.29, 0.717) is 26.7 Å². The van der Waals surface area contributed by atoms with Gasteiger partial charge in [0.2, 0.25) is 5.91 Å². The Morgan fingerprint density at radius 3 is 2.69 bits per heavy atom. The van der Waals surface area contributed by atoms with Crippen molar-refractivity contribution in [2.45, 2.75) is 18.5 Å². The molecular weight excluding hydrogens is 448 g/mol. The van der Waals surface area contributed by atoms with Crippen LogP contribution in [-0.2, 0) is 11.2 Å². The van der Waals surface area contributed by atoms with Gasteiger partial charge in [-0.3, -0.25) is 24.3 Å². The maximum atomic E-state index is 13.3. The van der Waals surface area contributed by atoms with E-state index in [2.05, 4.69) is 10.3 Å². The summed E-state index contributed by atoms with van der Waals surface area (Å²) >= 11 is 2.61. The van der Waals surface area contributed by atoms with Crippen molar-refractivity contribution in [2.24, 2.45) is 0 Å². The second-order valence-electron chi connectivity index (χ2n) is 6.80. The van der Waals surface area contributed by atoms with Crippen molar-refractivity contribution in [1.82, 2.24) is 9.55 Å². The summed E-state index contributed by atoms with van der Waals surface area (Å²) < 4.78 is 1.51. The van der Waals surface area contributed by atoms with Crippen molar-refractivity contribution in [3.63, 3.8) is 0 Å². The van der Waals surface area contributed by atoms with Gasteiger partial charge in [-0.05, 0) is 30.7 Å². The van der Waals surface area contributed by atoms with Gasteiger partial charge in [0.1, 0.15) is 4.83 Å². The lowest BCUT2D eigenvalue weighted by Gasteiger charge is -2.12. The molecule has 0 bridgehead atoms. The van der Waals surface area contributed by atoms with Gasteiger partial charge in [0, 0.05) is 22.7 Å². The summed E-state index contributed by atoms with van der Waals surface area (Å²) in [7, 11) is 0. The molecular formula is C22H18N4O4S2. The van der Waals surface area contributed by atoms with Gasteiger partial charge in [0.25, 0.3) is 11.2 Å². The first kappa shape index (κ1) is 21.7. The Labute approximate surface area is 191 Å². The van der Waals surface area contributed by atoms with Gasteiger partial charge in [-0.1, -0.05) is 43.0 Å². The molecule has 0 saturated carbocycles. The first-order chi connectivity index (χ1) is 15.5. The van der Waals surface area contributed by atoms with Crippen LogP contribution in [0, 0.1) is 10.1 Å². The molecule has 0 aliphatic heterocycles. The van der Waals surface area contributed by atoms with Crippen molar-refractivity contribution in [1.29, 1.82) is 0 Å². The summed E-state index contributed by atoms with van der Waals surface area (Å²) in [6, 6.07) is 16.8. The average Bonchev–Trinajstić information content (AvgIpc) is 3.22. The third kappa shape index (κ3) is 4.56. The summed E-state index contributed by atoms with van der Waals surface area (Å²) in [5.74, 6) is -0.371. The van der Waals surface area contributed by atoms with Gasteiger partial charge < -0.3 is 5.32 Å². The Hall–Kier alpha value is -3.50. The number of nitro groups is 1. The lowest BCUT2D eigenvalue weighted by molar-refractivity contribution is -0.384. The molecule has 0 aliphatic rings. The molecule has 0 radical (unpaired) electrons. The summed E-state index contributed by atoms with van der Waals surface area (Å²) in [4.78, 5) is 42.6. The number of aryl methyl sites for hydroxylation is 1. The van der Waals surface area contributed by atoms with Crippen LogP contribution in [0.5, 0.6) is 0 Å². The quantitative estimate of drug-likeness (QED) is 0.184. The standard InChI is InChI=1S/C22H18N4O4S2/c1-2-17-12-18-20(32-17)24-22(25(21(18)28)15-8-4-3-5-9-15)31-13-19(27)23-14-7-6-10-16(11-14)26(29)30/h3-12H,2,13H2,1H3,(H,23,27). The molecule has 1 amide bonds. The minimum absolute atomic E-state index is 0.0144. The number of hydrogen-bond donors (Lipinski definition) is 1. The second kappa shape index (κ2) is 9.33. The van der Waals surface area contributed by atoms with Gasteiger partial charge in [-0.25, -0.2) is 4.98 Å². The zero-order chi connectivity index (χ0) is 22.7. The van der Waals surface area contributed by atoms with Crippen molar-refractivity contribution in [3.05, 3.63) is 86.0 Å². The molecule has 0 atom stereocenters. The number of benzene rings is 2. The number of rotatable bonds is 7. The van der Waals surface area contributed by atoms with Crippen LogP contribution in [0.4, 0.5) is 11.4 Å². The average molecular weight is 467 g/mol. The molecule has 4 aromatic rings. The van der Waals surface area contributed by atoms with E-state index in [1.807, 2.05) is 43.3 Å². The Morgan fingerprint density at radius 2 is 1.97 bits per heavy atom. The van der Waals surface area contributed by atoms with Gasteiger partial charge in [0.05, 0.1) is 21.7 Å². The molecule has 4 rings (SSSR count). The van der Waals surface area contributed by atoms with Crippen molar-refractivity contribution >= 4 is 50.6 Å². The number of hydrogen-bond acceptors (Lipinski definition) is 7. The van der Waals surface area contributed by atoms with Crippen LogP contribution in [0.3, 0.4) is 0 Å². The Kier molecular flexibility index (Phi) is 6.33. The van der Waals surface area contributed by atoms with Gasteiger partial charge in [0.15, 0.2) is 5.16 Å². The lowest BCUT2D eigenvalue weighted by atomic mass is 10.3. The van der Waals surface area contributed by atoms with Crippen LogP contribution in [-0.4, -0.2) is 26.1 Å². The van der Waals surface area contributed by atoms with E-state index < -0.39 is 4.92 Å². The Morgan fingerprint density at radius 1 is 1.19 bits per heavy atom. The minimum Gasteiger partial charge on any atom is -0.325 e. The fourth-order valence-corrected chi connectivity index (χ4v) is 4.93. The van der Waals surface area contributed by atoms with E-state index in [9.17, 15) is 19.7 Å². The fourth-order valence-electron chi connectivity index (χ4n) is 3.11. The molecule has 10 heteroatoms. The molecule has 0 fully saturated rings. The normalized spacial score (nSPS) is 10.9. The molecule has 2 heterocycles. The summed E-state index contributed by atoms with van der Waals surface area (Å²) in [5.41, 5.74) is 0.709. The molecule has 32 heavy (non-hydrogen) atoms. The number of para-hydroxylation sites is 1. The second-order valence-corrected chi connectivity index (χ2v) is 8.86. The zero-order valence-electron chi connectivity index (χ0n) is 17.0. The fraction of sp³-hybridized carbons (Fsp3) is 0.136. The minimum atomic E-state index is -0.520. The van der Waals surface area contributed by atoms with E-state index in [1.54, 1.807) is 6.07 Å². The monoisotopic (exact) mass is 466 g/mol. The van der Waals surface area contributed by atoms with E-state index in [0.717, 1.165) is 23.1 Å². The van der Waals surface area contributed by atoms with E-state index in [-0.39, 0.29) is 22.9 Å². The van der Waals surface area contributed by atoms with Crippen molar-refractivity contribution in [3.8, 4) is 5.69 Å². The van der Waals surface area contributed by atoms with E-state index in [1.165, 1.54) is 34.1 Å². The number of thiophene rings is 1. The number of nitro benzene ring substituents is 1.